The third kappa shape index (κ3) is 2.34. The maximum atomic E-state index is 11.9. The van der Waals surface area contributed by atoms with Gasteiger partial charge in [-0.3, -0.25) is 4.79 Å². The number of amides is 1. The Bertz CT molecular complexity index is 517. The molecule has 1 amide bonds. The van der Waals surface area contributed by atoms with E-state index in [0.717, 1.165) is 9.97 Å². The Hall–Kier alpha value is -1.54. The van der Waals surface area contributed by atoms with E-state index in [1.165, 1.54) is 11.3 Å². The molecule has 0 unspecified atom stereocenters. The number of ether oxygens (including phenoxy) is 1. The van der Waals surface area contributed by atoms with Crippen molar-refractivity contribution in [1.82, 2.24) is 24.7 Å². The standard InChI is InChI=1S/C10H13N5O2S/c16-9(14-3-5-17-6-4-14)2-1-8-13-15-7-11-12-10(15)18-8/h7H,1-6H2. The molecule has 0 bridgehead atoms. The molecule has 0 radical (unpaired) electrons. The van der Waals surface area contributed by atoms with Crippen molar-refractivity contribution < 1.29 is 9.53 Å². The molecule has 0 aliphatic carbocycles. The van der Waals surface area contributed by atoms with Gasteiger partial charge in [0.05, 0.1) is 13.2 Å². The summed E-state index contributed by atoms with van der Waals surface area (Å²) in [5.74, 6) is 0.171. The van der Waals surface area contributed by atoms with Crippen LogP contribution >= 0.6 is 11.3 Å². The summed E-state index contributed by atoms with van der Waals surface area (Å²) in [7, 11) is 0. The zero-order valence-corrected chi connectivity index (χ0v) is 10.6. The first-order valence-corrected chi connectivity index (χ1v) is 6.66. The van der Waals surface area contributed by atoms with Gasteiger partial charge in [-0.15, -0.1) is 10.2 Å². The van der Waals surface area contributed by atoms with E-state index in [-0.39, 0.29) is 5.91 Å². The van der Waals surface area contributed by atoms with Gasteiger partial charge in [0.1, 0.15) is 11.3 Å². The molecule has 18 heavy (non-hydrogen) atoms. The van der Waals surface area contributed by atoms with Crippen LogP contribution in [-0.2, 0) is 16.0 Å². The van der Waals surface area contributed by atoms with Crippen LogP contribution in [0.5, 0.6) is 0 Å². The zero-order chi connectivity index (χ0) is 12.4. The largest absolute Gasteiger partial charge is 0.378 e. The van der Waals surface area contributed by atoms with Crippen LogP contribution in [0.3, 0.4) is 0 Å². The molecule has 2 aromatic heterocycles. The zero-order valence-electron chi connectivity index (χ0n) is 9.78. The Labute approximate surface area is 107 Å². The highest BCUT2D eigenvalue weighted by molar-refractivity contribution is 7.16. The van der Waals surface area contributed by atoms with Crippen LogP contribution in [-0.4, -0.2) is 56.9 Å². The van der Waals surface area contributed by atoms with E-state index in [4.69, 9.17) is 4.74 Å². The molecule has 0 atom stereocenters. The van der Waals surface area contributed by atoms with Crippen LogP contribution in [0.15, 0.2) is 6.33 Å². The molecule has 1 fully saturated rings. The van der Waals surface area contributed by atoms with Crippen molar-refractivity contribution in [2.24, 2.45) is 0 Å². The lowest BCUT2D eigenvalue weighted by molar-refractivity contribution is -0.135. The van der Waals surface area contributed by atoms with Gasteiger partial charge in [0.25, 0.3) is 0 Å². The third-order valence-corrected chi connectivity index (χ3v) is 3.82. The highest BCUT2D eigenvalue weighted by Crippen LogP contribution is 2.14. The number of carbonyl (C=O) groups excluding carboxylic acids is 1. The molecule has 96 valence electrons. The average Bonchev–Trinajstić information content (AvgIpc) is 2.97. The number of fused-ring (bicyclic) bond motifs is 1. The third-order valence-electron chi connectivity index (χ3n) is 2.85. The summed E-state index contributed by atoms with van der Waals surface area (Å²) in [5.41, 5.74) is 0. The Morgan fingerprint density at radius 2 is 2.28 bits per heavy atom. The number of carbonyl (C=O) groups is 1. The molecule has 0 saturated carbocycles. The van der Waals surface area contributed by atoms with Gasteiger partial charge < -0.3 is 9.64 Å². The maximum Gasteiger partial charge on any atom is 0.234 e. The van der Waals surface area contributed by atoms with Crippen LogP contribution in [0.4, 0.5) is 0 Å². The van der Waals surface area contributed by atoms with Crippen molar-refractivity contribution in [3.8, 4) is 0 Å². The first-order chi connectivity index (χ1) is 8.83. The molecule has 3 heterocycles. The number of aromatic nitrogens is 4. The van der Waals surface area contributed by atoms with Gasteiger partial charge in [0, 0.05) is 25.9 Å². The maximum absolute atomic E-state index is 11.9. The van der Waals surface area contributed by atoms with Gasteiger partial charge in [0.2, 0.25) is 10.9 Å². The SMILES string of the molecule is O=C(CCc1nn2cnnc2s1)N1CCOCC1. The summed E-state index contributed by atoms with van der Waals surface area (Å²) < 4.78 is 6.86. The van der Waals surface area contributed by atoms with E-state index in [9.17, 15) is 4.79 Å². The minimum atomic E-state index is 0.171. The highest BCUT2D eigenvalue weighted by Gasteiger charge is 2.17. The van der Waals surface area contributed by atoms with Crippen molar-refractivity contribution in [2.45, 2.75) is 12.8 Å². The van der Waals surface area contributed by atoms with Crippen LogP contribution in [0.25, 0.3) is 4.96 Å². The first kappa shape index (κ1) is 11.5. The van der Waals surface area contributed by atoms with Crippen molar-refractivity contribution in [3.05, 3.63) is 11.3 Å². The first-order valence-electron chi connectivity index (χ1n) is 5.84. The monoisotopic (exact) mass is 267 g/mol. The van der Waals surface area contributed by atoms with Gasteiger partial charge in [-0.2, -0.15) is 9.61 Å². The summed E-state index contributed by atoms with van der Waals surface area (Å²) in [5, 5.41) is 12.9. The molecule has 0 N–H and O–H groups in total. The van der Waals surface area contributed by atoms with Crippen LogP contribution in [0, 0.1) is 0 Å². The number of rotatable bonds is 3. The molecule has 0 aromatic carbocycles. The normalized spacial score (nSPS) is 16.3. The van der Waals surface area contributed by atoms with Crippen molar-refractivity contribution in [1.29, 1.82) is 0 Å². The van der Waals surface area contributed by atoms with E-state index in [2.05, 4.69) is 15.3 Å². The molecular weight excluding hydrogens is 254 g/mol. The van der Waals surface area contributed by atoms with E-state index in [1.54, 1.807) is 10.8 Å². The lowest BCUT2D eigenvalue weighted by Crippen LogP contribution is -2.40. The lowest BCUT2D eigenvalue weighted by atomic mass is 10.2. The number of hydrogen-bond acceptors (Lipinski definition) is 6. The molecule has 1 aliphatic rings. The summed E-state index contributed by atoms with van der Waals surface area (Å²) in [4.78, 5) is 14.6. The molecule has 0 spiro atoms. The fourth-order valence-corrected chi connectivity index (χ4v) is 2.70. The molecule has 1 aliphatic heterocycles. The molecule has 2 aromatic rings. The Balaban J connectivity index is 1.57. The van der Waals surface area contributed by atoms with Crippen molar-refractivity contribution >= 4 is 22.2 Å². The Morgan fingerprint density at radius 1 is 1.44 bits per heavy atom. The van der Waals surface area contributed by atoms with Crippen molar-refractivity contribution in [2.75, 3.05) is 26.3 Å². The predicted molar refractivity (Wildman–Crippen MR) is 64.4 cm³/mol. The molecule has 7 nitrogen and oxygen atoms in total. The van der Waals surface area contributed by atoms with E-state index < -0.39 is 0 Å². The molecular formula is C10H13N5O2S. The number of morpholine rings is 1. The average molecular weight is 267 g/mol. The number of aryl methyl sites for hydroxylation is 1. The van der Waals surface area contributed by atoms with Gasteiger partial charge >= 0.3 is 0 Å². The van der Waals surface area contributed by atoms with E-state index in [1.807, 2.05) is 4.90 Å². The van der Waals surface area contributed by atoms with Crippen LogP contribution < -0.4 is 0 Å². The van der Waals surface area contributed by atoms with E-state index in [0.29, 0.717) is 39.1 Å². The van der Waals surface area contributed by atoms with E-state index >= 15 is 0 Å². The van der Waals surface area contributed by atoms with Gasteiger partial charge in [-0.05, 0) is 0 Å². The lowest BCUT2D eigenvalue weighted by Gasteiger charge is -2.26. The molecule has 8 heteroatoms. The molecule has 3 rings (SSSR count). The second-order valence-corrected chi connectivity index (χ2v) is 5.09. The summed E-state index contributed by atoms with van der Waals surface area (Å²) >= 11 is 1.48. The number of hydrogen-bond donors (Lipinski definition) is 0. The van der Waals surface area contributed by atoms with Crippen molar-refractivity contribution in [3.63, 3.8) is 0 Å². The molecule has 1 saturated heterocycles. The second-order valence-electron chi connectivity index (χ2n) is 4.05. The van der Waals surface area contributed by atoms with Crippen LogP contribution in [0.2, 0.25) is 0 Å². The summed E-state index contributed by atoms with van der Waals surface area (Å²) in [6, 6.07) is 0. The summed E-state index contributed by atoms with van der Waals surface area (Å²) in [6.07, 6.45) is 2.72. The van der Waals surface area contributed by atoms with Gasteiger partial charge in [-0.1, -0.05) is 11.3 Å². The number of nitrogens with zero attached hydrogens (tertiary/aromatic N) is 5. The van der Waals surface area contributed by atoms with Gasteiger partial charge in [-0.25, -0.2) is 0 Å². The van der Waals surface area contributed by atoms with Gasteiger partial charge in [0.15, 0.2) is 0 Å². The Morgan fingerprint density at radius 3 is 3.06 bits per heavy atom. The topological polar surface area (TPSA) is 72.6 Å². The fourth-order valence-electron chi connectivity index (χ4n) is 1.89. The highest BCUT2D eigenvalue weighted by atomic mass is 32.1. The quantitative estimate of drug-likeness (QED) is 0.781. The predicted octanol–water partition coefficient (Wildman–Crippen LogP) is -0.0228. The minimum Gasteiger partial charge on any atom is -0.378 e. The fraction of sp³-hybridized carbons (Fsp3) is 0.600. The summed E-state index contributed by atoms with van der Waals surface area (Å²) in [6.45, 7) is 2.68. The Kier molecular flexibility index (Phi) is 3.20. The minimum absolute atomic E-state index is 0.171. The van der Waals surface area contributed by atoms with Crippen LogP contribution in [0.1, 0.15) is 11.4 Å². The second kappa shape index (κ2) is 4.99. The smallest absolute Gasteiger partial charge is 0.234 e.